The second-order valence-corrected chi connectivity index (χ2v) is 6.65. The molecule has 1 aliphatic rings. The van der Waals surface area contributed by atoms with E-state index in [4.69, 9.17) is 4.74 Å². The van der Waals surface area contributed by atoms with Gasteiger partial charge in [0, 0.05) is 0 Å². The van der Waals surface area contributed by atoms with Crippen molar-refractivity contribution < 1.29 is 14.6 Å². The lowest BCUT2D eigenvalue weighted by atomic mass is 9.85. The third-order valence-corrected chi connectivity index (χ3v) is 3.71. The van der Waals surface area contributed by atoms with Crippen LogP contribution in [0.5, 0.6) is 5.75 Å². The number of methoxy groups -OCH3 is 1. The average Bonchev–Trinajstić information content (AvgIpc) is 3.07. The number of carbonyl (C=O) groups is 1. The van der Waals surface area contributed by atoms with Gasteiger partial charge in [-0.15, -0.1) is 0 Å². The van der Waals surface area contributed by atoms with E-state index in [-0.39, 0.29) is 5.41 Å². The molecule has 104 valence electrons. The van der Waals surface area contributed by atoms with Gasteiger partial charge in [-0.2, -0.15) is 0 Å². The fourth-order valence-electron chi connectivity index (χ4n) is 2.54. The van der Waals surface area contributed by atoms with Gasteiger partial charge >= 0.3 is 5.97 Å². The molecule has 0 spiro atoms. The smallest absolute Gasteiger partial charge is 0.314 e. The van der Waals surface area contributed by atoms with Gasteiger partial charge in [-0.3, -0.25) is 4.79 Å². The molecule has 0 aromatic heterocycles. The van der Waals surface area contributed by atoms with Crippen molar-refractivity contribution in [2.24, 2.45) is 5.41 Å². The standard InChI is InChI=1S/C16H22O3/c1-15(2,3)10-11-9-12(5-6-13(11)19-4)16(7-8-16)14(17)18/h5-6,9H,7-8,10H2,1-4H3,(H,17,18). The third kappa shape index (κ3) is 2.75. The van der Waals surface area contributed by atoms with E-state index in [0.717, 1.165) is 36.1 Å². The van der Waals surface area contributed by atoms with E-state index in [2.05, 4.69) is 20.8 Å². The molecule has 2 rings (SSSR count). The van der Waals surface area contributed by atoms with Crippen molar-refractivity contribution in [3.63, 3.8) is 0 Å². The summed E-state index contributed by atoms with van der Waals surface area (Å²) in [6.07, 6.45) is 2.35. The normalized spacial score (nSPS) is 17.1. The second kappa shape index (κ2) is 4.55. The van der Waals surface area contributed by atoms with Gasteiger partial charge in [-0.25, -0.2) is 0 Å². The first-order valence-corrected chi connectivity index (χ1v) is 6.69. The molecule has 3 nitrogen and oxygen atoms in total. The predicted octanol–water partition coefficient (Wildman–Crippen LogP) is 3.40. The van der Waals surface area contributed by atoms with E-state index in [1.807, 2.05) is 18.2 Å². The summed E-state index contributed by atoms with van der Waals surface area (Å²) >= 11 is 0. The summed E-state index contributed by atoms with van der Waals surface area (Å²) in [7, 11) is 1.66. The minimum Gasteiger partial charge on any atom is -0.496 e. The summed E-state index contributed by atoms with van der Waals surface area (Å²) in [5, 5.41) is 9.38. The first-order chi connectivity index (χ1) is 8.78. The number of carboxylic acid groups (broad SMARTS) is 1. The average molecular weight is 262 g/mol. The lowest BCUT2D eigenvalue weighted by Gasteiger charge is -2.21. The van der Waals surface area contributed by atoms with E-state index in [1.165, 1.54) is 0 Å². The van der Waals surface area contributed by atoms with E-state index in [9.17, 15) is 9.90 Å². The molecule has 0 radical (unpaired) electrons. The van der Waals surface area contributed by atoms with Crippen LogP contribution in [0, 0.1) is 5.41 Å². The molecule has 1 aliphatic carbocycles. The summed E-state index contributed by atoms with van der Waals surface area (Å²) in [5.41, 5.74) is 1.52. The molecule has 1 aromatic rings. The molecule has 0 atom stereocenters. The first kappa shape index (κ1) is 13.9. The van der Waals surface area contributed by atoms with Gasteiger partial charge in [0.1, 0.15) is 5.75 Å². The van der Waals surface area contributed by atoms with E-state index < -0.39 is 11.4 Å². The summed E-state index contributed by atoms with van der Waals surface area (Å²) in [6.45, 7) is 6.51. The van der Waals surface area contributed by atoms with Crippen LogP contribution >= 0.6 is 0 Å². The summed E-state index contributed by atoms with van der Waals surface area (Å²) < 4.78 is 5.39. The van der Waals surface area contributed by atoms with Gasteiger partial charge in [0.25, 0.3) is 0 Å². The number of benzene rings is 1. The van der Waals surface area contributed by atoms with Gasteiger partial charge in [0.2, 0.25) is 0 Å². The minimum absolute atomic E-state index is 0.145. The Labute approximate surface area is 114 Å². The molecular formula is C16H22O3. The zero-order valence-corrected chi connectivity index (χ0v) is 12.1. The largest absolute Gasteiger partial charge is 0.496 e. The van der Waals surface area contributed by atoms with Gasteiger partial charge in [0.15, 0.2) is 0 Å². The highest BCUT2D eigenvalue weighted by Gasteiger charge is 2.51. The van der Waals surface area contributed by atoms with Crippen LogP contribution in [-0.2, 0) is 16.6 Å². The molecule has 1 fully saturated rings. The summed E-state index contributed by atoms with van der Waals surface area (Å²) in [5.74, 6) is 0.138. The molecule has 3 heteroatoms. The third-order valence-electron chi connectivity index (χ3n) is 3.71. The van der Waals surface area contributed by atoms with Crippen LogP contribution in [0.2, 0.25) is 0 Å². The fourth-order valence-corrected chi connectivity index (χ4v) is 2.54. The Balaban J connectivity index is 2.39. The number of carboxylic acids is 1. The number of rotatable bonds is 4. The molecule has 0 saturated heterocycles. The van der Waals surface area contributed by atoms with Crippen molar-refractivity contribution in [1.29, 1.82) is 0 Å². The van der Waals surface area contributed by atoms with Crippen molar-refractivity contribution in [3.05, 3.63) is 29.3 Å². The zero-order valence-electron chi connectivity index (χ0n) is 12.1. The molecular weight excluding hydrogens is 240 g/mol. The topological polar surface area (TPSA) is 46.5 Å². The Hall–Kier alpha value is -1.51. The van der Waals surface area contributed by atoms with Crippen molar-refractivity contribution in [2.75, 3.05) is 7.11 Å². The highest BCUT2D eigenvalue weighted by molar-refractivity contribution is 5.85. The Bertz CT molecular complexity index is 493. The Kier molecular flexibility index (Phi) is 3.33. The second-order valence-electron chi connectivity index (χ2n) is 6.65. The quantitative estimate of drug-likeness (QED) is 0.904. The Morgan fingerprint density at radius 3 is 2.42 bits per heavy atom. The van der Waals surface area contributed by atoms with Crippen molar-refractivity contribution in [2.45, 2.75) is 45.4 Å². The lowest BCUT2D eigenvalue weighted by molar-refractivity contribution is -0.140. The first-order valence-electron chi connectivity index (χ1n) is 6.69. The van der Waals surface area contributed by atoms with Gasteiger partial charge in [-0.05, 0) is 41.9 Å². The lowest BCUT2D eigenvalue weighted by Crippen LogP contribution is -2.20. The highest BCUT2D eigenvalue weighted by Crippen LogP contribution is 2.49. The van der Waals surface area contributed by atoms with Gasteiger partial charge < -0.3 is 9.84 Å². The van der Waals surface area contributed by atoms with Gasteiger partial charge in [-0.1, -0.05) is 32.9 Å². The van der Waals surface area contributed by atoms with Crippen LogP contribution in [0.1, 0.15) is 44.7 Å². The van der Waals surface area contributed by atoms with Crippen LogP contribution < -0.4 is 4.74 Å². The van der Waals surface area contributed by atoms with Crippen molar-refractivity contribution in [3.8, 4) is 5.75 Å². The number of hydrogen-bond acceptors (Lipinski definition) is 2. The van der Waals surface area contributed by atoms with Crippen LogP contribution in [0.4, 0.5) is 0 Å². The maximum Gasteiger partial charge on any atom is 0.314 e. The number of hydrogen-bond donors (Lipinski definition) is 1. The van der Waals surface area contributed by atoms with E-state index in [0.29, 0.717) is 0 Å². The molecule has 0 heterocycles. The number of ether oxygens (including phenoxy) is 1. The Morgan fingerprint density at radius 2 is 2.00 bits per heavy atom. The molecule has 1 saturated carbocycles. The zero-order chi connectivity index (χ0) is 14.3. The highest BCUT2D eigenvalue weighted by atomic mass is 16.5. The summed E-state index contributed by atoms with van der Waals surface area (Å²) in [6, 6.07) is 5.82. The van der Waals surface area contributed by atoms with E-state index >= 15 is 0 Å². The van der Waals surface area contributed by atoms with Crippen molar-refractivity contribution >= 4 is 5.97 Å². The molecule has 1 aromatic carbocycles. The number of aliphatic carboxylic acids is 1. The molecule has 0 amide bonds. The Morgan fingerprint density at radius 1 is 1.37 bits per heavy atom. The fraction of sp³-hybridized carbons (Fsp3) is 0.562. The molecule has 0 aliphatic heterocycles. The van der Waals surface area contributed by atoms with Crippen LogP contribution in [-0.4, -0.2) is 18.2 Å². The van der Waals surface area contributed by atoms with Crippen molar-refractivity contribution in [1.82, 2.24) is 0 Å². The minimum atomic E-state index is -0.709. The maximum atomic E-state index is 11.4. The SMILES string of the molecule is COc1ccc(C2(C(=O)O)CC2)cc1CC(C)(C)C. The summed E-state index contributed by atoms with van der Waals surface area (Å²) in [4.78, 5) is 11.4. The van der Waals surface area contributed by atoms with Crippen LogP contribution in [0.25, 0.3) is 0 Å². The van der Waals surface area contributed by atoms with E-state index in [1.54, 1.807) is 7.11 Å². The van der Waals surface area contributed by atoms with Crippen LogP contribution in [0.15, 0.2) is 18.2 Å². The predicted molar refractivity (Wildman–Crippen MR) is 74.7 cm³/mol. The maximum absolute atomic E-state index is 11.4. The van der Waals surface area contributed by atoms with Gasteiger partial charge in [0.05, 0.1) is 12.5 Å². The molecule has 0 unspecified atom stereocenters. The molecule has 19 heavy (non-hydrogen) atoms. The van der Waals surface area contributed by atoms with Crippen LogP contribution in [0.3, 0.4) is 0 Å². The molecule has 0 bridgehead atoms. The monoisotopic (exact) mass is 262 g/mol. The molecule has 1 N–H and O–H groups in total.